The molecule has 5 rings (SSSR count). The summed E-state index contributed by atoms with van der Waals surface area (Å²) in [6.07, 6.45) is 0.573. The average molecular weight is 427 g/mol. The molecular weight excluding hydrogens is 406 g/mol. The van der Waals surface area contributed by atoms with Crippen molar-refractivity contribution < 1.29 is 13.9 Å². The Kier molecular flexibility index (Phi) is 5.07. The molecule has 160 valence electrons. The molecule has 1 aromatic heterocycles. The number of benzene rings is 3. The first-order valence-corrected chi connectivity index (χ1v) is 10.3. The Hall–Kier alpha value is -4.13. The SMILES string of the molecule is COc1ccc([C@H]2CC(c3ccccc3)=NN2C(=O)Cn2c(=O)oc3ccccc32)cc1. The summed E-state index contributed by atoms with van der Waals surface area (Å²) in [5.74, 6) is -0.109. The van der Waals surface area contributed by atoms with E-state index in [9.17, 15) is 9.59 Å². The Balaban J connectivity index is 1.50. The summed E-state index contributed by atoms with van der Waals surface area (Å²) < 4.78 is 11.9. The minimum absolute atomic E-state index is 0.159. The summed E-state index contributed by atoms with van der Waals surface area (Å²) in [7, 11) is 1.62. The molecule has 1 aliphatic heterocycles. The van der Waals surface area contributed by atoms with Gasteiger partial charge in [0.2, 0.25) is 0 Å². The second-order valence-corrected chi connectivity index (χ2v) is 7.57. The molecule has 0 bridgehead atoms. The van der Waals surface area contributed by atoms with Gasteiger partial charge in [0.15, 0.2) is 5.58 Å². The second kappa shape index (κ2) is 8.19. The van der Waals surface area contributed by atoms with Crippen LogP contribution in [0.15, 0.2) is 93.2 Å². The molecule has 32 heavy (non-hydrogen) atoms. The highest BCUT2D eigenvalue weighted by molar-refractivity contribution is 6.03. The highest BCUT2D eigenvalue weighted by atomic mass is 16.5. The van der Waals surface area contributed by atoms with Crippen molar-refractivity contribution in [2.24, 2.45) is 5.10 Å². The van der Waals surface area contributed by atoms with Crippen LogP contribution in [0.1, 0.15) is 23.6 Å². The Morgan fingerprint density at radius 1 is 1.03 bits per heavy atom. The van der Waals surface area contributed by atoms with Crippen molar-refractivity contribution in [2.75, 3.05) is 7.11 Å². The van der Waals surface area contributed by atoms with E-state index in [-0.39, 0.29) is 18.5 Å². The van der Waals surface area contributed by atoms with Crippen molar-refractivity contribution in [3.05, 3.63) is 101 Å². The number of fused-ring (bicyclic) bond motifs is 1. The summed E-state index contributed by atoms with van der Waals surface area (Å²) >= 11 is 0. The lowest BCUT2D eigenvalue weighted by Gasteiger charge is -2.22. The van der Waals surface area contributed by atoms with E-state index in [0.29, 0.717) is 17.5 Å². The number of oxazole rings is 1. The molecule has 0 spiro atoms. The first kappa shape index (κ1) is 19.8. The average Bonchev–Trinajstić information content (AvgIpc) is 3.42. The smallest absolute Gasteiger partial charge is 0.420 e. The van der Waals surface area contributed by atoms with Gasteiger partial charge in [-0.2, -0.15) is 5.10 Å². The van der Waals surface area contributed by atoms with Crippen molar-refractivity contribution >= 4 is 22.7 Å². The number of methoxy groups -OCH3 is 1. The molecular formula is C25H21N3O4. The fraction of sp³-hybridized carbons (Fsp3) is 0.160. The molecule has 0 unspecified atom stereocenters. The minimum atomic E-state index is -0.563. The first-order valence-electron chi connectivity index (χ1n) is 10.3. The van der Waals surface area contributed by atoms with E-state index < -0.39 is 5.76 Å². The summed E-state index contributed by atoms with van der Waals surface area (Å²) in [6, 6.07) is 24.2. The standard InChI is InChI=1S/C25H21N3O4/c1-31-19-13-11-18(12-14-19)22-15-20(17-7-3-2-4-8-17)26-28(22)24(29)16-27-21-9-5-6-10-23(21)32-25(27)30/h2-14,22H,15-16H2,1H3/t22-/m1/s1. The predicted molar refractivity (Wildman–Crippen MR) is 121 cm³/mol. The quantitative estimate of drug-likeness (QED) is 0.483. The minimum Gasteiger partial charge on any atom is -0.497 e. The number of hydrogen-bond donors (Lipinski definition) is 0. The monoisotopic (exact) mass is 427 g/mol. The number of ether oxygens (including phenoxy) is 1. The van der Waals surface area contributed by atoms with Crippen LogP contribution >= 0.6 is 0 Å². The molecule has 1 atom stereocenters. The number of hydrogen-bond acceptors (Lipinski definition) is 5. The number of para-hydroxylation sites is 2. The van der Waals surface area contributed by atoms with Crippen molar-refractivity contribution in [3.63, 3.8) is 0 Å². The Bertz CT molecular complexity index is 1350. The van der Waals surface area contributed by atoms with E-state index in [2.05, 4.69) is 5.10 Å². The molecule has 4 aromatic rings. The van der Waals surface area contributed by atoms with E-state index in [1.165, 1.54) is 9.58 Å². The molecule has 7 nitrogen and oxygen atoms in total. The van der Waals surface area contributed by atoms with E-state index in [4.69, 9.17) is 9.15 Å². The summed E-state index contributed by atoms with van der Waals surface area (Å²) in [6.45, 7) is -0.159. The number of rotatable bonds is 5. The molecule has 0 N–H and O–H groups in total. The van der Waals surface area contributed by atoms with E-state index in [1.807, 2.05) is 54.6 Å². The molecule has 0 saturated carbocycles. The van der Waals surface area contributed by atoms with Gasteiger partial charge in [0.25, 0.3) is 5.91 Å². The third kappa shape index (κ3) is 3.58. The normalized spacial score (nSPS) is 15.7. The zero-order valence-corrected chi connectivity index (χ0v) is 17.5. The first-order chi connectivity index (χ1) is 15.6. The maximum Gasteiger partial charge on any atom is 0.420 e. The van der Waals surface area contributed by atoms with Crippen LogP contribution in [0.2, 0.25) is 0 Å². The predicted octanol–water partition coefficient (Wildman–Crippen LogP) is 3.98. The largest absolute Gasteiger partial charge is 0.497 e. The Labute approximate surface area is 184 Å². The van der Waals surface area contributed by atoms with E-state index in [0.717, 1.165) is 22.6 Å². The highest BCUT2D eigenvalue weighted by Crippen LogP contribution is 2.34. The molecule has 1 aliphatic rings. The fourth-order valence-electron chi connectivity index (χ4n) is 4.00. The summed E-state index contributed by atoms with van der Waals surface area (Å²) in [5, 5.41) is 6.16. The van der Waals surface area contributed by atoms with Gasteiger partial charge in [0, 0.05) is 6.42 Å². The van der Waals surface area contributed by atoms with Crippen molar-refractivity contribution in [1.29, 1.82) is 0 Å². The van der Waals surface area contributed by atoms with Gasteiger partial charge >= 0.3 is 5.76 Å². The van der Waals surface area contributed by atoms with Crippen molar-refractivity contribution in [2.45, 2.75) is 19.0 Å². The van der Waals surface area contributed by atoms with Crippen LogP contribution < -0.4 is 10.5 Å². The van der Waals surface area contributed by atoms with Gasteiger partial charge in [0.05, 0.1) is 24.4 Å². The molecule has 0 aliphatic carbocycles. The highest BCUT2D eigenvalue weighted by Gasteiger charge is 2.33. The third-order valence-electron chi connectivity index (χ3n) is 5.64. The van der Waals surface area contributed by atoms with E-state index >= 15 is 0 Å². The van der Waals surface area contributed by atoms with Gasteiger partial charge in [-0.05, 0) is 35.4 Å². The lowest BCUT2D eigenvalue weighted by Crippen LogP contribution is -2.32. The Morgan fingerprint density at radius 2 is 1.75 bits per heavy atom. The molecule has 7 heteroatoms. The molecule has 1 amide bonds. The van der Waals surface area contributed by atoms with Gasteiger partial charge in [-0.15, -0.1) is 0 Å². The van der Waals surface area contributed by atoms with Crippen LogP contribution in [0, 0.1) is 0 Å². The van der Waals surface area contributed by atoms with Crippen LogP contribution in [0.4, 0.5) is 0 Å². The Morgan fingerprint density at radius 3 is 2.50 bits per heavy atom. The van der Waals surface area contributed by atoms with Crippen LogP contribution in [0.3, 0.4) is 0 Å². The third-order valence-corrected chi connectivity index (χ3v) is 5.64. The number of carbonyl (C=O) groups excluding carboxylic acids is 1. The van der Waals surface area contributed by atoms with Gasteiger partial charge in [-0.1, -0.05) is 54.6 Å². The van der Waals surface area contributed by atoms with Crippen molar-refractivity contribution in [3.8, 4) is 5.75 Å². The van der Waals surface area contributed by atoms with Crippen molar-refractivity contribution in [1.82, 2.24) is 9.58 Å². The zero-order valence-electron chi connectivity index (χ0n) is 17.5. The molecule has 3 aromatic carbocycles. The van der Waals surface area contributed by atoms with Crippen LogP contribution in [0.5, 0.6) is 5.75 Å². The number of aromatic nitrogens is 1. The zero-order chi connectivity index (χ0) is 22.1. The molecule has 2 heterocycles. The summed E-state index contributed by atoms with van der Waals surface area (Å²) in [5.41, 5.74) is 3.76. The molecule has 0 radical (unpaired) electrons. The second-order valence-electron chi connectivity index (χ2n) is 7.57. The van der Waals surface area contributed by atoms with Gasteiger partial charge in [-0.25, -0.2) is 9.80 Å². The molecule has 0 fully saturated rings. The summed E-state index contributed by atoms with van der Waals surface area (Å²) in [4.78, 5) is 25.8. The van der Waals surface area contributed by atoms with Gasteiger partial charge < -0.3 is 9.15 Å². The van der Waals surface area contributed by atoms with Crippen LogP contribution in [0.25, 0.3) is 11.1 Å². The van der Waals surface area contributed by atoms with Gasteiger partial charge in [0.1, 0.15) is 12.3 Å². The maximum absolute atomic E-state index is 13.4. The molecule has 0 saturated heterocycles. The number of hydrazone groups is 1. The lowest BCUT2D eigenvalue weighted by molar-refractivity contribution is -0.133. The van der Waals surface area contributed by atoms with Crippen LogP contribution in [-0.4, -0.2) is 28.3 Å². The van der Waals surface area contributed by atoms with E-state index in [1.54, 1.807) is 31.4 Å². The number of amides is 1. The van der Waals surface area contributed by atoms with Gasteiger partial charge in [-0.3, -0.25) is 9.36 Å². The fourth-order valence-corrected chi connectivity index (χ4v) is 4.00. The maximum atomic E-state index is 13.4. The number of carbonyl (C=O) groups is 1. The number of nitrogens with zero attached hydrogens (tertiary/aromatic N) is 3. The topological polar surface area (TPSA) is 77.0 Å². The lowest BCUT2D eigenvalue weighted by atomic mass is 9.98. The van der Waals surface area contributed by atoms with Crippen LogP contribution in [-0.2, 0) is 11.3 Å².